The zero-order valence-corrected chi connectivity index (χ0v) is 13.6. The highest BCUT2D eigenvalue weighted by Gasteiger charge is 2.13. The molecule has 2 aromatic carbocycles. The van der Waals surface area contributed by atoms with Crippen molar-refractivity contribution < 1.29 is 0 Å². The van der Waals surface area contributed by atoms with Gasteiger partial charge in [0.25, 0.3) is 0 Å². The summed E-state index contributed by atoms with van der Waals surface area (Å²) in [5.41, 5.74) is 4.44. The lowest BCUT2D eigenvalue weighted by Crippen LogP contribution is -2.43. The molecule has 0 aliphatic carbocycles. The Bertz CT molecular complexity index is 666. The summed E-state index contributed by atoms with van der Waals surface area (Å²) in [6, 6.07) is 16.4. The van der Waals surface area contributed by atoms with Crippen molar-refractivity contribution in [3.05, 3.63) is 59.7 Å². The summed E-state index contributed by atoms with van der Waals surface area (Å²) in [5.74, 6) is 1.37. The number of guanidine groups is 2. The second-order valence-corrected chi connectivity index (χ2v) is 5.69. The number of hydrogen-bond donors (Lipinski definition) is 3. The highest BCUT2D eigenvalue weighted by Crippen LogP contribution is 2.12. The second-order valence-electron chi connectivity index (χ2n) is 5.69. The van der Waals surface area contributed by atoms with Crippen LogP contribution in [-0.2, 0) is 0 Å². The Hall–Kier alpha value is -2.82. The van der Waals surface area contributed by atoms with Crippen molar-refractivity contribution in [1.82, 2.24) is 5.32 Å². The number of aliphatic imine (C=N–C) groups is 2. The number of rotatable bonds is 2. The maximum Gasteiger partial charge on any atom is 0.204 e. The van der Waals surface area contributed by atoms with Gasteiger partial charge in [-0.25, -0.2) is 9.98 Å². The number of anilines is 2. The van der Waals surface area contributed by atoms with Crippen LogP contribution in [0.25, 0.3) is 0 Å². The first-order valence-corrected chi connectivity index (χ1v) is 7.68. The summed E-state index contributed by atoms with van der Waals surface area (Å²) >= 11 is 0. The molecule has 0 saturated heterocycles. The number of aryl methyl sites for hydroxylation is 2. The number of nitrogens with zero attached hydrogens (tertiary/aromatic N) is 2. The molecule has 0 fully saturated rings. The average molecular weight is 307 g/mol. The minimum Gasteiger partial charge on any atom is -0.326 e. The molecule has 3 N–H and O–H groups in total. The lowest BCUT2D eigenvalue weighted by molar-refractivity contribution is 0.769. The van der Waals surface area contributed by atoms with E-state index < -0.39 is 0 Å². The van der Waals surface area contributed by atoms with Gasteiger partial charge in [-0.05, 0) is 45.0 Å². The highest BCUT2D eigenvalue weighted by molar-refractivity contribution is 6.10. The quantitative estimate of drug-likeness (QED) is 0.796. The smallest absolute Gasteiger partial charge is 0.204 e. The second kappa shape index (κ2) is 6.52. The predicted octanol–water partition coefficient (Wildman–Crippen LogP) is 3.49. The minimum absolute atomic E-state index is 0.142. The van der Waals surface area contributed by atoms with E-state index in [0.29, 0.717) is 11.9 Å². The topological polar surface area (TPSA) is 60.8 Å². The lowest BCUT2D eigenvalue weighted by Gasteiger charge is -2.21. The Kier molecular flexibility index (Phi) is 4.28. The lowest BCUT2D eigenvalue weighted by atomic mass is 10.2. The summed E-state index contributed by atoms with van der Waals surface area (Å²) in [7, 11) is 0. The van der Waals surface area contributed by atoms with Crippen molar-refractivity contribution in [3.8, 4) is 0 Å². The van der Waals surface area contributed by atoms with Crippen LogP contribution >= 0.6 is 0 Å². The van der Waals surface area contributed by atoms with E-state index in [9.17, 15) is 0 Å². The van der Waals surface area contributed by atoms with Crippen molar-refractivity contribution in [1.29, 1.82) is 0 Å². The molecule has 0 aromatic heterocycles. The molecule has 0 saturated carbocycles. The van der Waals surface area contributed by atoms with E-state index in [-0.39, 0.29) is 6.17 Å². The van der Waals surface area contributed by atoms with Crippen LogP contribution in [0, 0.1) is 13.8 Å². The van der Waals surface area contributed by atoms with E-state index in [1.807, 2.05) is 31.2 Å². The van der Waals surface area contributed by atoms with Crippen LogP contribution in [0.5, 0.6) is 0 Å². The summed E-state index contributed by atoms with van der Waals surface area (Å²) < 4.78 is 0. The summed E-state index contributed by atoms with van der Waals surface area (Å²) in [4.78, 5) is 8.95. The maximum atomic E-state index is 4.47. The standard InChI is InChI=1S/C18H21N5/c1-12-4-8-15(9-5-12)21-17-19-14(3)20-18(23-17)22-16-10-6-13(2)7-11-16/h4-11,14H,1-3H3,(H3,19,20,21,22,23). The average Bonchev–Trinajstić information content (AvgIpc) is 2.51. The van der Waals surface area contributed by atoms with Gasteiger partial charge in [-0.2, -0.15) is 0 Å². The number of benzene rings is 2. The fourth-order valence-corrected chi connectivity index (χ4v) is 2.25. The Labute approximate surface area is 136 Å². The summed E-state index contributed by atoms with van der Waals surface area (Å²) in [6.07, 6.45) is -0.142. The molecular formula is C18H21N5. The van der Waals surface area contributed by atoms with Gasteiger partial charge in [0.15, 0.2) is 0 Å². The van der Waals surface area contributed by atoms with Crippen LogP contribution in [0.2, 0.25) is 0 Å². The van der Waals surface area contributed by atoms with Gasteiger partial charge in [-0.3, -0.25) is 5.32 Å². The van der Waals surface area contributed by atoms with Gasteiger partial charge in [0.2, 0.25) is 11.9 Å². The van der Waals surface area contributed by atoms with Crippen molar-refractivity contribution in [2.24, 2.45) is 9.98 Å². The summed E-state index contributed by atoms with van der Waals surface area (Å²) in [6.45, 7) is 6.09. The normalized spacial score (nSPS) is 14.6. The van der Waals surface area contributed by atoms with Crippen molar-refractivity contribution in [3.63, 3.8) is 0 Å². The third-order valence-electron chi connectivity index (χ3n) is 3.50. The first-order valence-electron chi connectivity index (χ1n) is 7.68. The monoisotopic (exact) mass is 307 g/mol. The predicted molar refractivity (Wildman–Crippen MR) is 97.1 cm³/mol. The van der Waals surface area contributed by atoms with Gasteiger partial charge in [0.05, 0.1) is 0 Å². The largest absolute Gasteiger partial charge is 0.326 e. The molecule has 3 rings (SSSR count). The fraction of sp³-hybridized carbons (Fsp3) is 0.222. The molecule has 5 nitrogen and oxygen atoms in total. The molecule has 1 aliphatic rings. The third kappa shape index (κ3) is 4.10. The Morgan fingerprint density at radius 2 is 1.13 bits per heavy atom. The van der Waals surface area contributed by atoms with Crippen molar-refractivity contribution >= 4 is 23.3 Å². The van der Waals surface area contributed by atoms with Gasteiger partial charge in [-0.1, -0.05) is 35.4 Å². The van der Waals surface area contributed by atoms with Gasteiger partial charge in [0.1, 0.15) is 6.17 Å². The van der Waals surface area contributed by atoms with E-state index in [4.69, 9.17) is 0 Å². The van der Waals surface area contributed by atoms with E-state index in [0.717, 1.165) is 11.4 Å². The van der Waals surface area contributed by atoms with E-state index in [1.165, 1.54) is 11.1 Å². The molecule has 0 atom stereocenters. The molecule has 0 unspecified atom stereocenters. The van der Waals surface area contributed by atoms with Crippen molar-refractivity contribution in [2.75, 3.05) is 10.6 Å². The van der Waals surface area contributed by atoms with Crippen LogP contribution in [0.3, 0.4) is 0 Å². The molecule has 1 aliphatic heterocycles. The Morgan fingerprint density at radius 3 is 1.52 bits per heavy atom. The van der Waals surface area contributed by atoms with Crippen molar-refractivity contribution in [2.45, 2.75) is 26.9 Å². The number of hydrogen-bond acceptors (Lipinski definition) is 5. The van der Waals surface area contributed by atoms with E-state index in [2.05, 4.69) is 64.0 Å². The van der Waals surface area contributed by atoms with E-state index in [1.54, 1.807) is 0 Å². The maximum absolute atomic E-state index is 4.47. The molecule has 2 aromatic rings. The summed E-state index contributed by atoms with van der Waals surface area (Å²) in [5, 5.41) is 9.75. The molecular weight excluding hydrogens is 286 g/mol. The SMILES string of the molecule is Cc1ccc(NC2=NC(C)N=C(Nc3ccc(C)cc3)N2)cc1. The van der Waals surface area contributed by atoms with Gasteiger partial charge < -0.3 is 10.6 Å². The van der Waals surface area contributed by atoms with Crippen LogP contribution in [-0.4, -0.2) is 18.1 Å². The fourth-order valence-electron chi connectivity index (χ4n) is 2.25. The first-order chi connectivity index (χ1) is 11.1. The first kappa shape index (κ1) is 15.1. The third-order valence-corrected chi connectivity index (χ3v) is 3.50. The molecule has 0 amide bonds. The Morgan fingerprint density at radius 1 is 0.739 bits per heavy atom. The van der Waals surface area contributed by atoms with Crippen LogP contribution in [0.1, 0.15) is 18.1 Å². The van der Waals surface area contributed by atoms with Crippen LogP contribution in [0.15, 0.2) is 58.5 Å². The number of nitrogens with one attached hydrogen (secondary N) is 3. The van der Waals surface area contributed by atoms with Gasteiger partial charge in [-0.15, -0.1) is 0 Å². The van der Waals surface area contributed by atoms with Gasteiger partial charge in [0, 0.05) is 11.4 Å². The zero-order chi connectivity index (χ0) is 16.2. The van der Waals surface area contributed by atoms with Crippen LogP contribution < -0.4 is 16.0 Å². The zero-order valence-electron chi connectivity index (χ0n) is 13.6. The Balaban J connectivity index is 1.68. The van der Waals surface area contributed by atoms with Crippen LogP contribution in [0.4, 0.5) is 11.4 Å². The molecule has 5 heteroatoms. The molecule has 0 bridgehead atoms. The van der Waals surface area contributed by atoms with Gasteiger partial charge >= 0.3 is 0 Å². The molecule has 118 valence electrons. The molecule has 23 heavy (non-hydrogen) atoms. The minimum atomic E-state index is -0.142. The molecule has 0 radical (unpaired) electrons. The highest BCUT2D eigenvalue weighted by atomic mass is 15.3. The molecule has 0 spiro atoms. The molecule has 1 heterocycles. The van der Waals surface area contributed by atoms with E-state index >= 15 is 0 Å².